The number of pyridine rings is 1. The first kappa shape index (κ1) is 20.4. The fourth-order valence-corrected chi connectivity index (χ4v) is 3.15. The van der Waals surface area contributed by atoms with Crippen LogP contribution in [0.1, 0.15) is 12.0 Å². The van der Waals surface area contributed by atoms with Crippen LogP contribution in [0.4, 0.5) is 10.2 Å². The number of nitrogens with one attached hydrogen (secondary N) is 2. The first-order chi connectivity index (χ1) is 14.0. The molecule has 2 aromatic rings. The summed E-state index contributed by atoms with van der Waals surface area (Å²) in [5.74, 6) is 0.785. The van der Waals surface area contributed by atoms with Gasteiger partial charge in [0.05, 0.1) is 0 Å². The second-order valence-corrected chi connectivity index (χ2v) is 6.71. The highest BCUT2D eigenvalue weighted by Gasteiger charge is 2.25. The molecule has 1 aromatic heterocycles. The maximum Gasteiger partial charge on any atom is 0.255 e. The van der Waals surface area contributed by atoms with E-state index in [0.29, 0.717) is 30.6 Å². The molecule has 1 aliphatic rings. The van der Waals surface area contributed by atoms with Crippen molar-refractivity contribution in [3.05, 3.63) is 54.0 Å². The number of anilines is 1. The minimum Gasteiger partial charge on any atom is -0.484 e. The Labute approximate surface area is 169 Å². The van der Waals surface area contributed by atoms with Crippen molar-refractivity contribution in [1.29, 1.82) is 0 Å². The molecule has 1 amide bonds. The highest BCUT2D eigenvalue weighted by atomic mass is 19.1. The number of hydrogen-bond donors (Lipinski definition) is 3. The van der Waals surface area contributed by atoms with Gasteiger partial charge >= 0.3 is 0 Å². The molecule has 1 atom stereocenters. The van der Waals surface area contributed by atoms with Gasteiger partial charge in [0.25, 0.3) is 5.91 Å². The van der Waals surface area contributed by atoms with E-state index in [1.807, 2.05) is 23.1 Å². The molecule has 0 aliphatic carbocycles. The van der Waals surface area contributed by atoms with Crippen LogP contribution in [0.25, 0.3) is 0 Å². The number of aliphatic imine (C=N–C) groups is 1. The molecule has 1 aromatic carbocycles. The van der Waals surface area contributed by atoms with Crippen molar-refractivity contribution in [2.45, 2.75) is 19.0 Å². The van der Waals surface area contributed by atoms with Crippen molar-refractivity contribution >= 4 is 17.7 Å². The van der Waals surface area contributed by atoms with E-state index in [1.54, 1.807) is 25.4 Å². The van der Waals surface area contributed by atoms with E-state index in [0.717, 1.165) is 18.5 Å². The Kier molecular flexibility index (Phi) is 6.83. The van der Waals surface area contributed by atoms with Gasteiger partial charge in [0.2, 0.25) is 0 Å². The molecule has 1 unspecified atom stereocenters. The van der Waals surface area contributed by atoms with E-state index in [-0.39, 0.29) is 18.5 Å². The predicted octanol–water partition coefficient (Wildman–Crippen LogP) is 1.03. The van der Waals surface area contributed by atoms with Crippen LogP contribution in [-0.2, 0) is 11.3 Å². The smallest absolute Gasteiger partial charge is 0.255 e. The van der Waals surface area contributed by atoms with Crippen molar-refractivity contribution in [1.82, 2.24) is 15.6 Å². The van der Waals surface area contributed by atoms with Gasteiger partial charge in [0, 0.05) is 38.9 Å². The fourth-order valence-electron chi connectivity index (χ4n) is 3.15. The average molecular weight is 400 g/mol. The summed E-state index contributed by atoms with van der Waals surface area (Å²) in [5, 5.41) is 6.62. The molecule has 0 radical (unpaired) electrons. The Hall–Kier alpha value is -3.36. The highest BCUT2D eigenvalue weighted by Crippen LogP contribution is 2.20. The third-order valence-electron chi connectivity index (χ3n) is 4.53. The van der Waals surface area contributed by atoms with Gasteiger partial charge < -0.3 is 26.0 Å². The minimum absolute atomic E-state index is 0.132. The number of ether oxygens (including phenoxy) is 1. The van der Waals surface area contributed by atoms with Gasteiger partial charge in [-0.3, -0.25) is 9.79 Å². The molecule has 1 fully saturated rings. The predicted molar refractivity (Wildman–Crippen MR) is 109 cm³/mol. The molecular weight excluding hydrogens is 375 g/mol. The molecule has 29 heavy (non-hydrogen) atoms. The van der Waals surface area contributed by atoms with Crippen molar-refractivity contribution in [2.24, 2.45) is 10.7 Å². The van der Waals surface area contributed by atoms with E-state index in [1.165, 1.54) is 6.07 Å². The zero-order chi connectivity index (χ0) is 20.6. The van der Waals surface area contributed by atoms with E-state index < -0.39 is 5.91 Å². The number of nitrogens with two attached hydrogens (primary N) is 1. The molecule has 0 saturated carbocycles. The first-order valence-corrected chi connectivity index (χ1v) is 9.38. The van der Waals surface area contributed by atoms with Crippen LogP contribution in [0.2, 0.25) is 0 Å². The number of hydrogen-bond acceptors (Lipinski definition) is 5. The maximum atomic E-state index is 13.9. The Bertz CT molecular complexity index is 876. The SMILES string of the molecule is CN=C(NCc1cccc(OCC(N)=O)c1)NC1CCN(c2ncccc2F)C1. The maximum absolute atomic E-state index is 13.9. The lowest BCUT2D eigenvalue weighted by molar-refractivity contribution is -0.119. The number of guanidine groups is 1. The van der Waals surface area contributed by atoms with Gasteiger partial charge in [0.1, 0.15) is 5.75 Å². The zero-order valence-electron chi connectivity index (χ0n) is 16.3. The van der Waals surface area contributed by atoms with Crippen LogP contribution < -0.4 is 26.0 Å². The summed E-state index contributed by atoms with van der Waals surface area (Å²) < 4.78 is 19.3. The summed E-state index contributed by atoms with van der Waals surface area (Å²) >= 11 is 0. The van der Waals surface area contributed by atoms with Crippen LogP contribution in [0.5, 0.6) is 5.75 Å². The molecule has 8 nitrogen and oxygen atoms in total. The number of primary amides is 1. The molecule has 2 heterocycles. The fraction of sp³-hybridized carbons (Fsp3) is 0.350. The highest BCUT2D eigenvalue weighted by molar-refractivity contribution is 5.80. The summed E-state index contributed by atoms with van der Waals surface area (Å²) in [6, 6.07) is 10.5. The molecule has 1 aliphatic heterocycles. The molecular formula is C20H25FN6O2. The van der Waals surface area contributed by atoms with Crippen LogP contribution >= 0.6 is 0 Å². The van der Waals surface area contributed by atoms with Crippen LogP contribution in [0.3, 0.4) is 0 Å². The third-order valence-corrected chi connectivity index (χ3v) is 4.53. The lowest BCUT2D eigenvalue weighted by Crippen LogP contribution is -2.44. The Morgan fingerprint density at radius 1 is 1.41 bits per heavy atom. The third kappa shape index (κ3) is 5.81. The zero-order valence-corrected chi connectivity index (χ0v) is 16.3. The lowest BCUT2D eigenvalue weighted by atomic mass is 10.2. The molecule has 1 saturated heterocycles. The molecule has 4 N–H and O–H groups in total. The van der Waals surface area contributed by atoms with Gasteiger partial charge in [-0.15, -0.1) is 0 Å². The number of carbonyl (C=O) groups excluding carboxylic acids is 1. The number of carbonyl (C=O) groups is 1. The number of aromatic nitrogens is 1. The minimum atomic E-state index is -0.519. The number of amides is 1. The number of rotatable bonds is 7. The monoisotopic (exact) mass is 400 g/mol. The molecule has 3 rings (SSSR count). The quantitative estimate of drug-likeness (QED) is 0.474. The summed E-state index contributed by atoms with van der Waals surface area (Å²) in [6.45, 7) is 1.74. The van der Waals surface area contributed by atoms with Crippen molar-refractivity contribution in [2.75, 3.05) is 31.6 Å². The summed E-state index contributed by atoms with van der Waals surface area (Å²) in [6.07, 6.45) is 2.45. The van der Waals surface area contributed by atoms with Crippen molar-refractivity contribution < 1.29 is 13.9 Å². The van der Waals surface area contributed by atoms with Gasteiger partial charge in [-0.1, -0.05) is 12.1 Å². The summed E-state index contributed by atoms with van der Waals surface area (Å²) in [7, 11) is 1.70. The average Bonchev–Trinajstić information content (AvgIpc) is 3.18. The molecule has 154 valence electrons. The van der Waals surface area contributed by atoms with Crippen molar-refractivity contribution in [3.63, 3.8) is 0 Å². The summed E-state index contributed by atoms with van der Waals surface area (Å²) in [5.41, 5.74) is 6.07. The number of benzene rings is 1. The van der Waals surface area contributed by atoms with Crippen LogP contribution in [0, 0.1) is 5.82 Å². The van der Waals surface area contributed by atoms with E-state index >= 15 is 0 Å². The number of halogens is 1. The van der Waals surface area contributed by atoms with E-state index in [9.17, 15) is 9.18 Å². The van der Waals surface area contributed by atoms with Gasteiger partial charge in [-0.25, -0.2) is 9.37 Å². The topological polar surface area (TPSA) is 105 Å². The van der Waals surface area contributed by atoms with Gasteiger partial charge in [-0.2, -0.15) is 0 Å². The van der Waals surface area contributed by atoms with Crippen LogP contribution in [0.15, 0.2) is 47.6 Å². The van der Waals surface area contributed by atoms with E-state index in [4.69, 9.17) is 10.5 Å². The van der Waals surface area contributed by atoms with Crippen molar-refractivity contribution in [3.8, 4) is 5.75 Å². The first-order valence-electron chi connectivity index (χ1n) is 9.38. The number of nitrogens with zero attached hydrogens (tertiary/aromatic N) is 3. The second kappa shape index (κ2) is 9.72. The largest absolute Gasteiger partial charge is 0.484 e. The van der Waals surface area contributed by atoms with Crippen LogP contribution in [-0.4, -0.2) is 49.6 Å². The summed E-state index contributed by atoms with van der Waals surface area (Å²) in [4.78, 5) is 21.2. The normalized spacial score (nSPS) is 16.6. The second-order valence-electron chi connectivity index (χ2n) is 6.71. The van der Waals surface area contributed by atoms with Gasteiger partial charge in [-0.05, 0) is 36.2 Å². The lowest BCUT2D eigenvalue weighted by Gasteiger charge is -2.20. The standard InChI is InChI=1S/C20H25FN6O2/c1-23-20(25-11-14-4-2-5-16(10-14)29-13-18(22)28)26-15-7-9-27(12-15)19-17(21)6-3-8-24-19/h2-6,8,10,15H,7,9,11-13H2,1H3,(H2,22,28)(H2,23,25,26). The molecule has 0 spiro atoms. The Morgan fingerprint density at radius 2 is 2.28 bits per heavy atom. The Morgan fingerprint density at radius 3 is 3.03 bits per heavy atom. The molecule has 0 bridgehead atoms. The Balaban J connectivity index is 1.51. The van der Waals surface area contributed by atoms with Gasteiger partial charge in [0.15, 0.2) is 24.2 Å². The molecule has 9 heteroatoms. The van der Waals surface area contributed by atoms with E-state index in [2.05, 4.69) is 20.6 Å².